The third kappa shape index (κ3) is 2.07. The lowest BCUT2D eigenvalue weighted by atomic mass is 9.92. The fourth-order valence-corrected chi connectivity index (χ4v) is 1.81. The Morgan fingerprint density at radius 2 is 2.40 bits per heavy atom. The van der Waals surface area contributed by atoms with Crippen molar-refractivity contribution in [3.8, 4) is 0 Å². The Hall–Kier alpha value is -0.840. The topological polar surface area (TPSA) is 57.4 Å². The number of nitrogens with zero attached hydrogens (tertiary/aromatic N) is 1. The summed E-state index contributed by atoms with van der Waals surface area (Å²) < 4.78 is 10.7. The maximum atomic E-state index is 5.89. The Morgan fingerprint density at radius 3 is 3.07 bits per heavy atom. The molecule has 1 saturated heterocycles. The molecule has 1 aromatic rings. The molecule has 1 aromatic heterocycles. The zero-order valence-corrected chi connectivity index (χ0v) is 9.25. The van der Waals surface area contributed by atoms with E-state index in [0.717, 1.165) is 12.0 Å². The van der Waals surface area contributed by atoms with Gasteiger partial charge >= 0.3 is 0 Å². The molecule has 0 spiro atoms. The molecule has 1 atom stereocenters. The molecule has 1 unspecified atom stereocenters. The van der Waals surface area contributed by atoms with E-state index < -0.39 is 5.60 Å². The van der Waals surface area contributed by atoms with Gasteiger partial charge in [-0.05, 0) is 13.0 Å². The van der Waals surface area contributed by atoms with Gasteiger partial charge in [0.15, 0.2) is 0 Å². The summed E-state index contributed by atoms with van der Waals surface area (Å²) >= 11 is 5.89. The number of hydrogen-bond acceptors (Lipinski definition) is 4. The molecule has 0 aromatic carbocycles. The molecule has 15 heavy (non-hydrogen) atoms. The van der Waals surface area contributed by atoms with Gasteiger partial charge in [-0.1, -0.05) is 11.6 Å². The molecule has 0 radical (unpaired) electrons. The van der Waals surface area contributed by atoms with Crippen LogP contribution in [0.4, 0.5) is 5.82 Å². The summed E-state index contributed by atoms with van der Waals surface area (Å²) in [7, 11) is 0. The Kier molecular flexibility index (Phi) is 2.82. The first-order chi connectivity index (χ1) is 7.12. The summed E-state index contributed by atoms with van der Waals surface area (Å²) in [4.78, 5) is 4.02. The van der Waals surface area contributed by atoms with Gasteiger partial charge < -0.3 is 15.2 Å². The zero-order valence-electron chi connectivity index (χ0n) is 8.50. The van der Waals surface area contributed by atoms with Gasteiger partial charge in [0.2, 0.25) is 0 Å². The minimum absolute atomic E-state index is 0.280. The van der Waals surface area contributed by atoms with E-state index in [-0.39, 0.29) is 6.79 Å². The zero-order chi connectivity index (χ0) is 10.9. The highest BCUT2D eigenvalue weighted by Gasteiger charge is 2.33. The highest BCUT2D eigenvalue weighted by Crippen LogP contribution is 2.35. The van der Waals surface area contributed by atoms with Crippen LogP contribution in [0.3, 0.4) is 0 Å². The second-order valence-corrected chi connectivity index (χ2v) is 4.17. The van der Waals surface area contributed by atoms with Crippen LogP contribution in [0.5, 0.6) is 0 Å². The quantitative estimate of drug-likeness (QED) is 0.798. The molecule has 2 heterocycles. The smallest absolute Gasteiger partial charge is 0.147 e. The molecule has 0 bridgehead atoms. The fourth-order valence-electron chi connectivity index (χ4n) is 1.66. The first-order valence-corrected chi connectivity index (χ1v) is 5.13. The van der Waals surface area contributed by atoms with Crippen molar-refractivity contribution in [3.05, 3.63) is 22.8 Å². The highest BCUT2D eigenvalue weighted by atomic mass is 35.5. The second kappa shape index (κ2) is 3.96. The van der Waals surface area contributed by atoms with Gasteiger partial charge in [-0.2, -0.15) is 0 Å². The van der Waals surface area contributed by atoms with Crippen molar-refractivity contribution in [1.29, 1.82) is 0 Å². The lowest BCUT2D eigenvalue weighted by Crippen LogP contribution is -2.34. The van der Waals surface area contributed by atoms with Crippen LogP contribution >= 0.6 is 11.6 Å². The molecule has 0 aliphatic carbocycles. The Bertz CT molecular complexity index is 364. The van der Waals surface area contributed by atoms with E-state index in [1.54, 1.807) is 6.07 Å². The highest BCUT2D eigenvalue weighted by molar-refractivity contribution is 6.30. The number of anilines is 1. The van der Waals surface area contributed by atoms with E-state index in [2.05, 4.69) is 4.98 Å². The third-order valence-electron chi connectivity index (χ3n) is 2.64. The summed E-state index contributed by atoms with van der Waals surface area (Å²) in [6.45, 7) is 2.91. The van der Waals surface area contributed by atoms with Crippen molar-refractivity contribution in [3.63, 3.8) is 0 Å². The Labute approximate surface area is 93.3 Å². The molecule has 4 nitrogen and oxygen atoms in total. The maximum Gasteiger partial charge on any atom is 0.147 e. The van der Waals surface area contributed by atoms with Crippen LogP contribution in [-0.4, -0.2) is 18.4 Å². The summed E-state index contributed by atoms with van der Waals surface area (Å²) in [5, 5.41) is 0.565. The third-order valence-corrected chi connectivity index (χ3v) is 2.85. The van der Waals surface area contributed by atoms with Crippen LogP contribution in [0.25, 0.3) is 0 Å². The van der Waals surface area contributed by atoms with E-state index >= 15 is 0 Å². The van der Waals surface area contributed by atoms with Gasteiger partial charge in [-0.3, -0.25) is 0 Å². The van der Waals surface area contributed by atoms with Gasteiger partial charge in [0.1, 0.15) is 12.6 Å². The van der Waals surface area contributed by atoms with E-state index in [4.69, 9.17) is 26.8 Å². The molecule has 5 heteroatoms. The van der Waals surface area contributed by atoms with Crippen molar-refractivity contribution in [2.24, 2.45) is 0 Å². The van der Waals surface area contributed by atoms with Crippen molar-refractivity contribution in [1.82, 2.24) is 4.98 Å². The van der Waals surface area contributed by atoms with Gasteiger partial charge in [0, 0.05) is 18.2 Å². The first-order valence-electron chi connectivity index (χ1n) is 4.75. The summed E-state index contributed by atoms with van der Waals surface area (Å²) in [6.07, 6.45) is 2.28. The van der Waals surface area contributed by atoms with Crippen LogP contribution in [0.1, 0.15) is 18.9 Å². The molecule has 1 aliphatic rings. The minimum Gasteiger partial charge on any atom is -0.383 e. The summed E-state index contributed by atoms with van der Waals surface area (Å²) in [5.74, 6) is 0.462. The van der Waals surface area contributed by atoms with Crippen molar-refractivity contribution < 1.29 is 9.47 Å². The lowest BCUT2D eigenvalue weighted by Gasteiger charge is -2.34. The fraction of sp³-hybridized carbons (Fsp3) is 0.500. The predicted molar refractivity (Wildman–Crippen MR) is 57.5 cm³/mol. The minimum atomic E-state index is -0.444. The van der Waals surface area contributed by atoms with E-state index in [1.807, 2.05) is 6.92 Å². The van der Waals surface area contributed by atoms with Gasteiger partial charge in [0.25, 0.3) is 0 Å². The van der Waals surface area contributed by atoms with Crippen LogP contribution in [0.15, 0.2) is 12.3 Å². The van der Waals surface area contributed by atoms with Gasteiger partial charge in [-0.25, -0.2) is 4.98 Å². The number of nitrogens with two attached hydrogens (primary N) is 1. The number of nitrogen functional groups attached to an aromatic ring is 1. The maximum absolute atomic E-state index is 5.89. The van der Waals surface area contributed by atoms with E-state index in [0.29, 0.717) is 17.4 Å². The number of aromatic nitrogens is 1. The Morgan fingerprint density at radius 1 is 1.60 bits per heavy atom. The molecule has 1 aliphatic heterocycles. The van der Waals surface area contributed by atoms with Crippen LogP contribution < -0.4 is 5.73 Å². The second-order valence-electron chi connectivity index (χ2n) is 3.74. The molecule has 0 amide bonds. The van der Waals surface area contributed by atoms with Crippen molar-refractivity contribution in [2.75, 3.05) is 19.1 Å². The molecule has 82 valence electrons. The number of hydrogen-bond donors (Lipinski definition) is 1. The van der Waals surface area contributed by atoms with Crippen molar-refractivity contribution in [2.45, 2.75) is 18.9 Å². The number of rotatable bonds is 1. The molecular weight excluding hydrogens is 216 g/mol. The van der Waals surface area contributed by atoms with Crippen molar-refractivity contribution >= 4 is 17.4 Å². The Balaban J connectivity index is 2.38. The SMILES string of the molecule is CC1(c2cc(Cl)cnc2N)CCOCO1. The average molecular weight is 229 g/mol. The standard InChI is InChI=1S/C10H13ClN2O2/c1-10(2-3-14-6-15-10)8-4-7(11)5-13-9(8)12/h4-5H,2-3,6H2,1H3,(H2,12,13). The van der Waals surface area contributed by atoms with E-state index in [9.17, 15) is 0 Å². The number of ether oxygens (including phenoxy) is 2. The number of pyridine rings is 1. The molecule has 1 fully saturated rings. The number of halogens is 1. The predicted octanol–water partition coefficient (Wildman–Crippen LogP) is 1.93. The molecule has 0 saturated carbocycles. The summed E-state index contributed by atoms with van der Waals surface area (Å²) in [5.41, 5.74) is 6.20. The molecular formula is C10H13ClN2O2. The normalized spacial score (nSPS) is 26.5. The van der Waals surface area contributed by atoms with Gasteiger partial charge in [-0.15, -0.1) is 0 Å². The lowest BCUT2D eigenvalue weighted by molar-refractivity contribution is -0.190. The van der Waals surface area contributed by atoms with E-state index in [1.165, 1.54) is 6.20 Å². The largest absolute Gasteiger partial charge is 0.383 e. The van der Waals surface area contributed by atoms with Crippen LogP contribution in [0, 0.1) is 0 Å². The van der Waals surface area contributed by atoms with Crippen LogP contribution in [-0.2, 0) is 15.1 Å². The average Bonchev–Trinajstić information content (AvgIpc) is 2.23. The molecule has 2 N–H and O–H groups in total. The summed E-state index contributed by atoms with van der Waals surface area (Å²) in [6, 6.07) is 1.80. The molecule has 2 rings (SSSR count). The monoisotopic (exact) mass is 228 g/mol. The first kappa shape index (κ1) is 10.7. The van der Waals surface area contributed by atoms with Gasteiger partial charge in [0.05, 0.1) is 17.2 Å². The van der Waals surface area contributed by atoms with Crippen LogP contribution in [0.2, 0.25) is 5.02 Å².